The van der Waals surface area contributed by atoms with E-state index in [4.69, 9.17) is 4.74 Å². The van der Waals surface area contributed by atoms with E-state index < -0.39 is 0 Å². The van der Waals surface area contributed by atoms with Crippen LogP contribution in [0.4, 0.5) is 0 Å². The second kappa shape index (κ2) is 11.4. The van der Waals surface area contributed by atoms with Gasteiger partial charge in [-0.1, -0.05) is 6.07 Å². The van der Waals surface area contributed by atoms with Gasteiger partial charge >= 0.3 is 0 Å². The van der Waals surface area contributed by atoms with Gasteiger partial charge in [-0.3, -0.25) is 9.69 Å². The number of ether oxygens (including phenoxy) is 2. The first-order valence-corrected chi connectivity index (χ1v) is 11.3. The zero-order chi connectivity index (χ0) is 20.6. The van der Waals surface area contributed by atoms with Crippen molar-refractivity contribution in [2.24, 2.45) is 0 Å². The van der Waals surface area contributed by atoms with Gasteiger partial charge in [-0.2, -0.15) is 0 Å². The molecule has 158 valence electrons. The summed E-state index contributed by atoms with van der Waals surface area (Å²) in [5.74, 6) is 1.75. The van der Waals surface area contributed by atoms with Crippen molar-refractivity contribution < 1.29 is 14.3 Å². The molecule has 1 heterocycles. The number of nitrogens with one attached hydrogen (secondary N) is 1. The standard InChI is InChI=1S/C17H25IN2O.C5H10O2/c1-21-17-12-14(18)4-7-16(17)13-2-5-15(6-3-13)20-10-8-19-9-11-20;1-5(2,3)7-4-6/h4,7,12-13,15,19H,2-3,5-6,8-11H2,1H3;4H,1-3H3. The maximum atomic E-state index is 9.60. The van der Waals surface area contributed by atoms with Gasteiger partial charge in [0.2, 0.25) is 0 Å². The molecule has 1 N–H and O–H groups in total. The van der Waals surface area contributed by atoms with E-state index in [9.17, 15) is 4.79 Å². The van der Waals surface area contributed by atoms with Gasteiger partial charge in [-0.25, -0.2) is 0 Å². The summed E-state index contributed by atoms with van der Waals surface area (Å²) in [6.45, 7) is 10.7. The first-order chi connectivity index (χ1) is 13.3. The molecular weight excluding hydrogens is 467 g/mol. The minimum atomic E-state index is -0.318. The molecule has 1 aliphatic heterocycles. The van der Waals surface area contributed by atoms with E-state index in [1.54, 1.807) is 7.11 Å². The molecule has 0 bridgehead atoms. The Hall–Kier alpha value is -0.860. The molecular formula is C22H35IN2O3. The van der Waals surface area contributed by atoms with Crippen LogP contribution in [0, 0.1) is 3.57 Å². The number of carbonyl (C=O) groups excluding carboxylic acids is 1. The number of rotatable bonds is 4. The van der Waals surface area contributed by atoms with Gasteiger partial charge in [0.05, 0.1) is 7.11 Å². The van der Waals surface area contributed by atoms with Crippen molar-refractivity contribution in [1.82, 2.24) is 10.2 Å². The van der Waals surface area contributed by atoms with Gasteiger partial charge in [0.1, 0.15) is 11.4 Å². The zero-order valence-electron chi connectivity index (χ0n) is 17.7. The second-order valence-electron chi connectivity index (χ2n) is 8.50. The lowest BCUT2D eigenvalue weighted by molar-refractivity contribution is -0.138. The molecule has 0 aromatic heterocycles. The van der Waals surface area contributed by atoms with Gasteiger partial charge in [0.15, 0.2) is 0 Å². The summed E-state index contributed by atoms with van der Waals surface area (Å²) in [6.07, 6.45) is 5.26. The van der Waals surface area contributed by atoms with E-state index in [1.165, 1.54) is 47.9 Å². The highest BCUT2D eigenvalue weighted by Gasteiger charge is 2.28. The number of carbonyl (C=O) groups is 1. The number of nitrogens with zero attached hydrogens (tertiary/aromatic N) is 1. The molecule has 1 saturated carbocycles. The number of methoxy groups -OCH3 is 1. The fourth-order valence-electron chi connectivity index (χ4n) is 3.97. The number of hydrogen-bond acceptors (Lipinski definition) is 5. The van der Waals surface area contributed by atoms with Gasteiger partial charge in [0, 0.05) is 35.8 Å². The predicted octanol–water partition coefficient (Wildman–Crippen LogP) is 4.19. The topological polar surface area (TPSA) is 50.8 Å². The highest BCUT2D eigenvalue weighted by Crippen LogP contribution is 2.39. The van der Waals surface area contributed by atoms with E-state index in [0.717, 1.165) is 24.9 Å². The van der Waals surface area contributed by atoms with Gasteiger partial charge in [-0.15, -0.1) is 0 Å². The number of piperazine rings is 1. The van der Waals surface area contributed by atoms with Gasteiger partial charge in [0.25, 0.3) is 6.47 Å². The van der Waals surface area contributed by atoms with E-state index in [1.807, 2.05) is 20.8 Å². The Morgan fingerprint density at radius 1 is 1.14 bits per heavy atom. The summed E-state index contributed by atoms with van der Waals surface area (Å²) in [5, 5.41) is 3.45. The van der Waals surface area contributed by atoms with Crippen molar-refractivity contribution in [2.45, 2.75) is 64.0 Å². The van der Waals surface area contributed by atoms with Crippen LogP contribution < -0.4 is 10.1 Å². The van der Waals surface area contributed by atoms with Crippen LogP contribution in [0.25, 0.3) is 0 Å². The third-order valence-electron chi connectivity index (χ3n) is 5.40. The number of hydrogen-bond donors (Lipinski definition) is 1. The molecule has 0 radical (unpaired) electrons. The van der Waals surface area contributed by atoms with Crippen molar-refractivity contribution in [2.75, 3.05) is 33.3 Å². The Labute approximate surface area is 183 Å². The fourth-order valence-corrected chi connectivity index (χ4v) is 4.43. The average molecular weight is 502 g/mol. The summed E-state index contributed by atoms with van der Waals surface area (Å²) in [6, 6.07) is 7.45. The van der Waals surface area contributed by atoms with Gasteiger partial charge in [-0.05, 0) is 92.7 Å². The Kier molecular flexibility index (Phi) is 9.50. The van der Waals surface area contributed by atoms with Crippen LogP contribution in [0.5, 0.6) is 5.75 Å². The van der Waals surface area contributed by atoms with Crippen LogP contribution in [0.3, 0.4) is 0 Å². The summed E-state index contributed by atoms with van der Waals surface area (Å²) >= 11 is 2.36. The van der Waals surface area contributed by atoms with E-state index in [-0.39, 0.29) is 5.60 Å². The van der Waals surface area contributed by atoms with Crippen LogP contribution in [-0.4, -0.2) is 56.3 Å². The second-order valence-corrected chi connectivity index (χ2v) is 9.75. The quantitative estimate of drug-likeness (QED) is 0.495. The molecule has 0 atom stereocenters. The highest BCUT2D eigenvalue weighted by molar-refractivity contribution is 14.1. The lowest BCUT2D eigenvalue weighted by Crippen LogP contribution is -2.49. The number of benzene rings is 1. The summed E-state index contributed by atoms with van der Waals surface area (Å²) in [7, 11) is 1.79. The molecule has 0 amide bonds. The monoisotopic (exact) mass is 502 g/mol. The maximum Gasteiger partial charge on any atom is 0.293 e. The molecule has 2 fully saturated rings. The SMILES string of the molecule is CC(C)(C)OC=O.COc1cc(I)ccc1C1CCC(N2CCNCC2)CC1. The normalized spacial score (nSPS) is 23.3. The van der Waals surface area contributed by atoms with Crippen molar-refractivity contribution in [3.05, 3.63) is 27.3 Å². The molecule has 6 heteroatoms. The smallest absolute Gasteiger partial charge is 0.293 e. The first kappa shape index (κ1) is 23.4. The van der Waals surface area contributed by atoms with Crippen LogP contribution in [0.15, 0.2) is 18.2 Å². The molecule has 28 heavy (non-hydrogen) atoms. The highest BCUT2D eigenvalue weighted by atomic mass is 127. The Morgan fingerprint density at radius 3 is 2.29 bits per heavy atom. The zero-order valence-corrected chi connectivity index (χ0v) is 19.8. The lowest BCUT2D eigenvalue weighted by Gasteiger charge is -2.39. The summed E-state index contributed by atoms with van der Waals surface area (Å²) in [4.78, 5) is 12.3. The molecule has 0 unspecified atom stereocenters. The summed E-state index contributed by atoms with van der Waals surface area (Å²) < 4.78 is 11.4. The van der Waals surface area contributed by atoms with Crippen LogP contribution in [0.2, 0.25) is 0 Å². The summed E-state index contributed by atoms with van der Waals surface area (Å²) in [5.41, 5.74) is 1.10. The molecule has 3 rings (SSSR count). The van der Waals surface area contributed by atoms with Crippen LogP contribution in [0.1, 0.15) is 57.9 Å². The Morgan fingerprint density at radius 2 is 1.79 bits per heavy atom. The first-order valence-electron chi connectivity index (χ1n) is 10.2. The molecule has 1 aromatic rings. The van der Waals surface area contributed by atoms with Gasteiger partial charge < -0.3 is 14.8 Å². The van der Waals surface area contributed by atoms with Crippen LogP contribution in [-0.2, 0) is 9.53 Å². The Balaban J connectivity index is 0.000000345. The largest absolute Gasteiger partial charge is 0.496 e. The van der Waals surface area contributed by atoms with E-state index in [0.29, 0.717) is 12.4 Å². The average Bonchev–Trinajstić information content (AvgIpc) is 2.68. The number of halogens is 1. The van der Waals surface area contributed by atoms with Crippen molar-refractivity contribution in [3.8, 4) is 5.75 Å². The van der Waals surface area contributed by atoms with Crippen molar-refractivity contribution in [1.29, 1.82) is 0 Å². The molecule has 1 aromatic carbocycles. The third-order valence-corrected chi connectivity index (χ3v) is 6.07. The molecule has 5 nitrogen and oxygen atoms in total. The van der Waals surface area contributed by atoms with E-state index in [2.05, 4.69) is 55.7 Å². The maximum absolute atomic E-state index is 9.60. The molecule has 2 aliphatic rings. The molecule has 1 saturated heterocycles. The van der Waals surface area contributed by atoms with E-state index >= 15 is 0 Å². The van der Waals surface area contributed by atoms with Crippen molar-refractivity contribution >= 4 is 29.1 Å². The van der Waals surface area contributed by atoms with Crippen molar-refractivity contribution in [3.63, 3.8) is 0 Å². The van der Waals surface area contributed by atoms with Crippen LogP contribution >= 0.6 is 22.6 Å². The lowest BCUT2D eigenvalue weighted by atomic mass is 9.80. The molecule has 1 aliphatic carbocycles. The molecule has 0 spiro atoms. The minimum Gasteiger partial charge on any atom is -0.496 e. The third kappa shape index (κ3) is 7.52. The fraction of sp³-hybridized carbons (Fsp3) is 0.682. The Bertz CT molecular complexity index is 604. The predicted molar refractivity (Wildman–Crippen MR) is 122 cm³/mol. The minimum absolute atomic E-state index is 0.318.